The lowest BCUT2D eigenvalue weighted by atomic mass is 9.94. The second kappa shape index (κ2) is 9.29. The molecule has 7 heteroatoms. The number of pyridine rings is 1. The molecule has 2 aliphatic heterocycles. The molecule has 1 aromatic heterocycles. The van der Waals surface area contributed by atoms with Gasteiger partial charge in [-0.1, -0.05) is 23.8 Å². The lowest BCUT2D eigenvalue weighted by molar-refractivity contribution is -0.139. The summed E-state index contributed by atoms with van der Waals surface area (Å²) in [5.74, 6) is -0.360. The van der Waals surface area contributed by atoms with Gasteiger partial charge in [0.1, 0.15) is 0 Å². The topological polar surface area (TPSA) is 82.6 Å². The molecule has 0 radical (unpaired) electrons. The van der Waals surface area contributed by atoms with Crippen LogP contribution in [0.3, 0.4) is 0 Å². The number of carbonyl (C=O) groups excluding carboxylic acids is 3. The lowest BCUT2D eigenvalue weighted by Gasteiger charge is -2.33. The largest absolute Gasteiger partial charge is 0.352 e. The number of piperidine rings is 1. The third-order valence-electron chi connectivity index (χ3n) is 6.19. The van der Waals surface area contributed by atoms with E-state index in [1.54, 1.807) is 17.3 Å². The number of rotatable bonds is 5. The van der Waals surface area contributed by atoms with Gasteiger partial charge in [0.25, 0.3) is 0 Å². The Kier molecular flexibility index (Phi) is 6.30. The Balaban J connectivity index is 1.27. The molecule has 2 aliphatic rings. The van der Waals surface area contributed by atoms with Crippen LogP contribution in [0.1, 0.15) is 30.4 Å². The van der Waals surface area contributed by atoms with Crippen LogP contribution in [-0.4, -0.2) is 47.2 Å². The summed E-state index contributed by atoms with van der Waals surface area (Å²) >= 11 is 0. The van der Waals surface area contributed by atoms with Gasteiger partial charge in [-0.3, -0.25) is 19.4 Å². The highest BCUT2D eigenvalue weighted by Gasteiger charge is 2.38. The maximum atomic E-state index is 13.0. The fourth-order valence-corrected chi connectivity index (χ4v) is 4.30. The van der Waals surface area contributed by atoms with Crippen LogP contribution in [-0.2, 0) is 20.9 Å². The summed E-state index contributed by atoms with van der Waals surface area (Å²) in [6.45, 7) is 4.00. The van der Waals surface area contributed by atoms with E-state index in [2.05, 4.69) is 10.3 Å². The standard InChI is InChI=1S/C24H28N4O3/c1-17-4-6-21(7-5-17)28-16-20(13-22(28)29)24(31)27-11-8-19(9-12-27)23(30)26-15-18-3-2-10-25-14-18/h2-7,10,14,19-20H,8-9,11-13,15-16H2,1H3,(H,26,30). The van der Waals surface area contributed by atoms with Crippen LogP contribution in [0.4, 0.5) is 5.69 Å². The number of likely N-dealkylation sites (tertiary alicyclic amines) is 1. The van der Waals surface area contributed by atoms with Gasteiger partial charge in [-0.2, -0.15) is 0 Å². The maximum Gasteiger partial charge on any atom is 0.228 e. The molecule has 4 rings (SSSR count). The molecule has 2 fully saturated rings. The number of benzene rings is 1. The number of aromatic nitrogens is 1. The summed E-state index contributed by atoms with van der Waals surface area (Å²) in [6.07, 6.45) is 4.98. The van der Waals surface area contributed by atoms with Gasteiger partial charge in [-0.25, -0.2) is 0 Å². The molecule has 0 bridgehead atoms. The van der Waals surface area contributed by atoms with Crippen molar-refractivity contribution in [1.82, 2.24) is 15.2 Å². The zero-order valence-corrected chi connectivity index (χ0v) is 17.8. The Morgan fingerprint density at radius 3 is 2.52 bits per heavy atom. The van der Waals surface area contributed by atoms with E-state index in [0.717, 1.165) is 16.8 Å². The van der Waals surface area contributed by atoms with E-state index in [-0.39, 0.29) is 36.0 Å². The minimum Gasteiger partial charge on any atom is -0.352 e. The smallest absolute Gasteiger partial charge is 0.228 e. The van der Waals surface area contributed by atoms with Crippen LogP contribution in [0.25, 0.3) is 0 Å². The van der Waals surface area contributed by atoms with E-state index in [9.17, 15) is 14.4 Å². The first-order chi connectivity index (χ1) is 15.0. The summed E-state index contributed by atoms with van der Waals surface area (Å²) in [7, 11) is 0. The number of aryl methyl sites for hydroxylation is 1. The average Bonchev–Trinajstić information content (AvgIpc) is 3.20. The van der Waals surface area contributed by atoms with Crippen molar-refractivity contribution in [2.45, 2.75) is 32.7 Å². The van der Waals surface area contributed by atoms with Crippen LogP contribution >= 0.6 is 0 Å². The van der Waals surface area contributed by atoms with Crippen LogP contribution in [0.15, 0.2) is 48.8 Å². The average molecular weight is 421 g/mol. The predicted molar refractivity (Wildman–Crippen MR) is 117 cm³/mol. The van der Waals surface area contributed by atoms with Crippen molar-refractivity contribution in [2.24, 2.45) is 11.8 Å². The molecule has 31 heavy (non-hydrogen) atoms. The van der Waals surface area contributed by atoms with Crippen molar-refractivity contribution >= 4 is 23.4 Å². The van der Waals surface area contributed by atoms with Crippen LogP contribution in [0.5, 0.6) is 0 Å². The monoisotopic (exact) mass is 420 g/mol. The highest BCUT2D eigenvalue weighted by molar-refractivity contribution is 6.00. The van der Waals surface area contributed by atoms with Gasteiger partial charge in [-0.15, -0.1) is 0 Å². The molecule has 0 saturated carbocycles. The molecule has 1 N–H and O–H groups in total. The molecule has 7 nitrogen and oxygen atoms in total. The number of nitrogens with one attached hydrogen (secondary N) is 1. The van der Waals surface area contributed by atoms with Gasteiger partial charge in [0.2, 0.25) is 17.7 Å². The zero-order chi connectivity index (χ0) is 21.8. The van der Waals surface area contributed by atoms with Crippen molar-refractivity contribution < 1.29 is 14.4 Å². The molecule has 162 valence electrons. The maximum absolute atomic E-state index is 13.0. The highest BCUT2D eigenvalue weighted by Crippen LogP contribution is 2.28. The van der Waals surface area contributed by atoms with Gasteiger partial charge >= 0.3 is 0 Å². The predicted octanol–water partition coefficient (Wildman–Crippen LogP) is 2.30. The van der Waals surface area contributed by atoms with E-state index in [1.165, 1.54) is 0 Å². The number of hydrogen-bond acceptors (Lipinski definition) is 4. The normalized spacial score (nSPS) is 19.5. The summed E-state index contributed by atoms with van der Waals surface area (Å²) < 4.78 is 0. The van der Waals surface area contributed by atoms with Crippen molar-refractivity contribution in [3.63, 3.8) is 0 Å². The molecule has 1 atom stereocenters. The van der Waals surface area contributed by atoms with Crippen LogP contribution in [0, 0.1) is 18.8 Å². The van der Waals surface area contributed by atoms with E-state index in [4.69, 9.17) is 0 Å². The molecule has 3 heterocycles. The SMILES string of the molecule is Cc1ccc(N2CC(C(=O)N3CCC(C(=O)NCc4cccnc4)CC3)CC2=O)cc1. The molecule has 1 aromatic carbocycles. The fraction of sp³-hybridized carbons (Fsp3) is 0.417. The van der Waals surface area contributed by atoms with E-state index >= 15 is 0 Å². The van der Waals surface area contributed by atoms with Crippen molar-refractivity contribution in [3.05, 3.63) is 59.9 Å². The molecular weight excluding hydrogens is 392 g/mol. The van der Waals surface area contributed by atoms with E-state index < -0.39 is 0 Å². The summed E-state index contributed by atoms with van der Waals surface area (Å²) in [6, 6.07) is 11.6. The molecule has 1 unspecified atom stereocenters. The van der Waals surface area contributed by atoms with Gasteiger partial charge in [0.05, 0.1) is 5.92 Å². The first kappa shape index (κ1) is 21.0. The minimum atomic E-state index is -0.315. The minimum absolute atomic E-state index is 0.00753. The second-order valence-corrected chi connectivity index (χ2v) is 8.42. The Labute approximate surface area is 182 Å². The molecule has 0 spiro atoms. The van der Waals surface area contributed by atoms with Crippen LogP contribution in [0.2, 0.25) is 0 Å². The Morgan fingerprint density at radius 2 is 1.84 bits per heavy atom. The van der Waals surface area contributed by atoms with Gasteiger partial charge in [0.15, 0.2) is 0 Å². The Hall–Kier alpha value is -3.22. The number of hydrogen-bond donors (Lipinski definition) is 1. The third-order valence-corrected chi connectivity index (χ3v) is 6.19. The van der Waals surface area contributed by atoms with Crippen molar-refractivity contribution in [2.75, 3.05) is 24.5 Å². The number of nitrogens with zero attached hydrogens (tertiary/aromatic N) is 3. The van der Waals surface area contributed by atoms with E-state index in [0.29, 0.717) is 39.0 Å². The lowest BCUT2D eigenvalue weighted by Crippen LogP contribution is -2.45. The van der Waals surface area contributed by atoms with Crippen molar-refractivity contribution in [1.29, 1.82) is 0 Å². The number of anilines is 1. The zero-order valence-electron chi connectivity index (χ0n) is 17.8. The first-order valence-electron chi connectivity index (χ1n) is 10.8. The number of carbonyl (C=O) groups is 3. The summed E-state index contributed by atoms with van der Waals surface area (Å²) in [5.41, 5.74) is 2.94. The van der Waals surface area contributed by atoms with Gasteiger partial charge in [-0.05, 0) is 43.5 Å². The summed E-state index contributed by atoms with van der Waals surface area (Å²) in [4.78, 5) is 45.6. The molecular formula is C24H28N4O3. The molecule has 2 saturated heterocycles. The quantitative estimate of drug-likeness (QED) is 0.805. The summed E-state index contributed by atoms with van der Waals surface area (Å²) in [5, 5.41) is 2.97. The fourth-order valence-electron chi connectivity index (χ4n) is 4.30. The Bertz CT molecular complexity index is 937. The highest BCUT2D eigenvalue weighted by atomic mass is 16.2. The van der Waals surface area contributed by atoms with Crippen LogP contribution < -0.4 is 10.2 Å². The second-order valence-electron chi connectivity index (χ2n) is 8.42. The molecule has 0 aliphatic carbocycles. The number of amides is 3. The van der Waals surface area contributed by atoms with Crippen molar-refractivity contribution in [3.8, 4) is 0 Å². The van der Waals surface area contributed by atoms with Gasteiger partial charge in [0, 0.05) is 56.6 Å². The molecule has 3 amide bonds. The molecule has 2 aromatic rings. The van der Waals surface area contributed by atoms with E-state index in [1.807, 2.05) is 48.2 Å². The van der Waals surface area contributed by atoms with Gasteiger partial charge < -0.3 is 15.1 Å². The first-order valence-corrected chi connectivity index (χ1v) is 10.8. The Morgan fingerprint density at radius 1 is 1.10 bits per heavy atom. The third kappa shape index (κ3) is 4.93.